The molecule has 1 aromatic heterocycles. The maximum atomic E-state index is 12.1. The third-order valence-electron chi connectivity index (χ3n) is 6.00. The van der Waals surface area contributed by atoms with Crippen molar-refractivity contribution in [2.24, 2.45) is 11.8 Å². The van der Waals surface area contributed by atoms with Crippen molar-refractivity contribution in [1.29, 1.82) is 0 Å². The molecule has 0 saturated heterocycles. The van der Waals surface area contributed by atoms with Gasteiger partial charge in [0.25, 0.3) is 0 Å². The largest absolute Gasteiger partial charge is 0.445 e. The first-order chi connectivity index (χ1) is 12.8. The lowest BCUT2D eigenvalue weighted by Crippen LogP contribution is -2.26. The van der Waals surface area contributed by atoms with Gasteiger partial charge in [0.1, 0.15) is 6.26 Å². The van der Waals surface area contributed by atoms with Crippen LogP contribution in [0.15, 0.2) is 35.1 Å². The lowest BCUT2D eigenvalue weighted by Gasteiger charge is -2.29. The van der Waals surface area contributed by atoms with E-state index in [0.29, 0.717) is 23.5 Å². The summed E-state index contributed by atoms with van der Waals surface area (Å²) < 4.78 is 29.6. The summed E-state index contributed by atoms with van der Waals surface area (Å²) in [5.41, 5.74) is 3.69. The number of hydrogen-bond donors (Lipinski definition) is 0. The van der Waals surface area contributed by atoms with E-state index in [1.54, 1.807) is 26.3 Å². The van der Waals surface area contributed by atoms with Crippen molar-refractivity contribution in [3.63, 3.8) is 0 Å². The lowest BCUT2D eigenvalue weighted by molar-refractivity contribution is 0.278. The molecule has 0 bridgehead atoms. The van der Waals surface area contributed by atoms with Crippen molar-refractivity contribution in [3.8, 4) is 11.5 Å². The second-order valence-electron chi connectivity index (χ2n) is 8.28. The minimum atomic E-state index is -2.91. The molecule has 0 spiro atoms. The van der Waals surface area contributed by atoms with Crippen LogP contribution in [0, 0.1) is 18.8 Å². The van der Waals surface area contributed by atoms with Gasteiger partial charge in [0.05, 0.1) is 17.2 Å². The molecule has 1 heterocycles. The van der Waals surface area contributed by atoms with Crippen LogP contribution in [0.4, 0.5) is 0 Å². The van der Waals surface area contributed by atoms with E-state index in [4.69, 9.17) is 4.42 Å². The van der Waals surface area contributed by atoms with E-state index in [1.165, 1.54) is 17.5 Å². The molecule has 5 heteroatoms. The maximum Gasteiger partial charge on any atom is 0.225 e. The van der Waals surface area contributed by atoms with Gasteiger partial charge in [-0.1, -0.05) is 18.9 Å². The Morgan fingerprint density at radius 2 is 1.85 bits per heavy atom. The van der Waals surface area contributed by atoms with Crippen LogP contribution >= 0.6 is 0 Å². The fraction of sp³-hybridized carbons (Fsp3) is 0.591. The summed E-state index contributed by atoms with van der Waals surface area (Å²) in [7, 11) is -2.91. The van der Waals surface area contributed by atoms with E-state index in [-0.39, 0.29) is 5.25 Å². The average Bonchev–Trinajstić information content (AvgIpc) is 3.16. The average molecular weight is 390 g/mol. The summed E-state index contributed by atoms with van der Waals surface area (Å²) in [6, 6.07) is 6.42. The highest BCUT2D eigenvalue weighted by molar-refractivity contribution is 7.91. The van der Waals surface area contributed by atoms with Crippen molar-refractivity contribution < 1.29 is 12.8 Å². The molecule has 0 aliphatic heterocycles. The molecule has 0 radical (unpaired) electrons. The molecule has 0 N–H and O–H groups in total. The first-order valence-electron chi connectivity index (χ1n) is 10.1. The van der Waals surface area contributed by atoms with E-state index >= 15 is 0 Å². The quantitative estimate of drug-likeness (QED) is 0.652. The Morgan fingerprint density at radius 1 is 1.15 bits per heavy atom. The molecule has 1 aliphatic carbocycles. The Bertz CT molecular complexity index is 832. The van der Waals surface area contributed by atoms with Gasteiger partial charge in [-0.3, -0.25) is 0 Å². The summed E-state index contributed by atoms with van der Waals surface area (Å²) in [6.07, 6.45) is 9.96. The topological polar surface area (TPSA) is 60.2 Å². The Hall–Kier alpha value is -1.62. The number of aryl methyl sites for hydroxylation is 2. The predicted octanol–water partition coefficient (Wildman–Crippen LogP) is 5.21. The monoisotopic (exact) mass is 389 g/mol. The fourth-order valence-electron chi connectivity index (χ4n) is 4.04. The number of hydrogen-bond acceptors (Lipinski definition) is 4. The van der Waals surface area contributed by atoms with Crippen molar-refractivity contribution in [3.05, 3.63) is 41.8 Å². The first kappa shape index (κ1) is 20.1. The minimum Gasteiger partial charge on any atom is -0.445 e. The smallest absolute Gasteiger partial charge is 0.225 e. The summed E-state index contributed by atoms with van der Waals surface area (Å²) in [6.45, 7) is 5.72. The minimum absolute atomic E-state index is 0.252. The van der Waals surface area contributed by atoms with Crippen LogP contribution in [0.25, 0.3) is 11.5 Å². The molecule has 1 aliphatic rings. The number of nitrogens with zero attached hydrogens (tertiary/aromatic N) is 1. The zero-order chi connectivity index (χ0) is 19.4. The molecule has 1 aromatic carbocycles. The van der Waals surface area contributed by atoms with Gasteiger partial charge in [0.15, 0.2) is 9.84 Å². The van der Waals surface area contributed by atoms with Crippen molar-refractivity contribution in [2.75, 3.05) is 5.75 Å². The Morgan fingerprint density at radius 3 is 2.44 bits per heavy atom. The number of aromatic nitrogens is 1. The number of sulfone groups is 1. The van der Waals surface area contributed by atoms with Crippen molar-refractivity contribution in [1.82, 2.24) is 4.98 Å². The van der Waals surface area contributed by atoms with Crippen LogP contribution in [0.1, 0.15) is 57.1 Å². The maximum absolute atomic E-state index is 12.1. The van der Waals surface area contributed by atoms with Crippen molar-refractivity contribution in [2.45, 2.75) is 64.5 Å². The molecular weight excluding hydrogens is 358 g/mol. The Balaban J connectivity index is 1.49. The van der Waals surface area contributed by atoms with Gasteiger partial charge in [-0.2, -0.15) is 0 Å². The molecule has 4 nitrogen and oxygen atoms in total. The predicted molar refractivity (Wildman–Crippen MR) is 109 cm³/mol. The summed E-state index contributed by atoms with van der Waals surface area (Å²) in [5, 5.41) is -0.252. The highest BCUT2D eigenvalue weighted by Gasteiger charge is 2.27. The van der Waals surface area contributed by atoms with E-state index in [0.717, 1.165) is 37.7 Å². The highest BCUT2D eigenvalue weighted by Crippen LogP contribution is 2.33. The Kier molecular flexibility index (Phi) is 6.40. The van der Waals surface area contributed by atoms with Gasteiger partial charge >= 0.3 is 0 Å². The molecule has 0 unspecified atom stereocenters. The van der Waals surface area contributed by atoms with Crippen molar-refractivity contribution >= 4 is 9.84 Å². The molecule has 3 rings (SSSR count). The fourth-order valence-corrected chi connectivity index (χ4v) is 5.42. The first-order valence-corrected chi connectivity index (χ1v) is 11.8. The highest BCUT2D eigenvalue weighted by atomic mass is 32.2. The molecule has 148 valence electrons. The third-order valence-corrected chi connectivity index (χ3v) is 8.37. The molecule has 1 fully saturated rings. The summed E-state index contributed by atoms with van der Waals surface area (Å²) in [4.78, 5) is 4.21. The van der Waals surface area contributed by atoms with Gasteiger partial charge in [-0.15, -0.1) is 0 Å². The van der Waals surface area contributed by atoms with Crippen LogP contribution < -0.4 is 0 Å². The Labute approximate surface area is 163 Å². The van der Waals surface area contributed by atoms with Gasteiger partial charge in [-0.05, 0) is 81.5 Å². The van der Waals surface area contributed by atoms with E-state index in [9.17, 15) is 8.42 Å². The van der Waals surface area contributed by atoms with E-state index < -0.39 is 9.84 Å². The van der Waals surface area contributed by atoms with Gasteiger partial charge in [0.2, 0.25) is 5.89 Å². The molecular formula is C22H31NO3S. The zero-order valence-corrected chi connectivity index (χ0v) is 17.5. The van der Waals surface area contributed by atoms with E-state index in [1.807, 2.05) is 0 Å². The third kappa shape index (κ3) is 5.22. The lowest BCUT2D eigenvalue weighted by atomic mass is 9.80. The molecule has 2 aromatic rings. The van der Waals surface area contributed by atoms with Crippen LogP contribution in [0.5, 0.6) is 0 Å². The molecule has 0 amide bonds. The number of benzene rings is 1. The normalized spacial score (nSPS) is 20.9. The SMILES string of the molecule is Cc1cc(-c2ncco2)ccc1CCC1CCC(CS(=O)(=O)C(C)C)CC1. The molecule has 0 atom stereocenters. The van der Waals surface area contributed by atoms with Crippen LogP contribution in [0.2, 0.25) is 0 Å². The second kappa shape index (κ2) is 8.59. The van der Waals surface area contributed by atoms with Gasteiger partial charge in [-0.25, -0.2) is 13.4 Å². The van der Waals surface area contributed by atoms with Crippen LogP contribution in [-0.4, -0.2) is 24.4 Å². The summed E-state index contributed by atoms with van der Waals surface area (Å²) in [5.74, 6) is 2.11. The molecule has 1 saturated carbocycles. The standard InChI is InChI=1S/C22H31NO3S/c1-16(2)27(24,25)15-19-6-4-18(5-7-19)8-9-20-10-11-21(14-17(20)3)22-23-12-13-26-22/h10-14,16,18-19H,4-9,15H2,1-3H3. The molecule has 27 heavy (non-hydrogen) atoms. The van der Waals surface area contributed by atoms with Crippen LogP contribution in [0.3, 0.4) is 0 Å². The summed E-state index contributed by atoms with van der Waals surface area (Å²) >= 11 is 0. The van der Waals surface area contributed by atoms with E-state index in [2.05, 4.69) is 30.1 Å². The second-order valence-corrected chi connectivity index (χ2v) is 10.9. The van der Waals surface area contributed by atoms with Gasteiger partial charge in [0, 0.05) is 5.56 Å². The number of oxazole rings is 1. The zero-order valence-electron chi connectivity index (χ0n) is 16.6. The van der Waals surface area contributed by atoms with Crippen LogP contribution in [-0.2, 0) is 16.3 Å². The van der Waals surface area contributed by atoms with Gasteiger partial charge < -0.3 is 4.42 Å². The number of rotatable bonds is 7.